The lowest BCUT2D eigenvalue weighted by Gasteiger charge is -2.28. The van der Waals surface area contributed by atoms with Crippen LogP contribution in [0.3, 0.4) is 0 Å². The zero-order valence-corrected chi connectivity index (χ0v) is 8.62. The van der Waals surface area contributed by atoms with Crippen molar-refractivity contribution in [1.82, 2.24) is 4.90 Å². The Balaban J connectivity index is 4.07. The first-order valence-electron chi connectivity index (χ1n) is 4.88. The van der Waals surface area contributed by atoms with Crippen LogP contribution in [0.4, 0.5) is 0 Å². The third kappa shape index (κ3) is 4.85. The molecule has 1 unspecified atom stereocenters. The van der Waals surface area contributed by atoms with Crippen LogP contribution in [0.5, 0.6) is 0 Å². The van der Waals surface area contributed by atoms with E-state index in [0.29, 0.717) is 19.1 Å². The van der Waals surface area contributed by atoms with E-state index in [1.165, 1.54) is 0 Å². The summed E-state index contributed by atoms with van der Waals surface area (Å²) in [5.41, 5.74) is 10.6. The largest absolute Gasteiger partial charge is 0.369 e. The topological polar surface area (TPSA) is 72.3 Å². The van der Waals surface area contributed by atoms with Gasteiger partial charge in [-0.1, -0.05) is 13.8 Å². The van der Waals surface area contributed by atoms with Gasteiger partial charge in [0.05, 0.1) is 6.54 Å². The van der Waals surface area contributed by atoms with Gasteiger partial charge >= 0.3 is 0 Å². The van der Waals surface area contributed by atoms with Crippen molar-refractivity contribution >= 4 is 5.91 Å². The third-order valence-corrected chi connectivity index (χ3v) is 2.25. The number of hydrogen-bond donors (Lipinski definition) is 2. The Bertz CT molecular complexity index is 150. The summed E-state index contributed by atoms with van der Waals surface area (Å²) in [6.45, 7) is 5.98. The lowest BCUT2D eigenvalue weighted by Crippen LogP contribution is -2.41. The molecule has 0 aliphatic rings. The number of carbonyl (C=O) groups is 1. The zero-order valence-electron chi connectivity index (χ0n) is 8.62. The molecule has 0 saturated heterocycles. The average Bonchev–Trinajstić information content (AvgIpc) is 2.10. The molecule has 0 aromatic carbocycles. The number of amides is 1. The minimum absolute atomic E-state index is 0.266. The number of nitrogens with two attached hydrogens (primary N) is 2. The van der Waals surface area contributed by atoms with Crippen LogP contribution in [0.1, 0.15) is 26.7 Å². The highest BCUT2D eigenvalue weighted by atomic mass is 16.1. The monoisotopic (exact) mass is 187 g/mol. The van der Waals surface area contributed by atoms with Crippen LogP contribution in [0, 0.1) is 0 Å². The number of carbonyl (C=O) groups excluding carboxylic acids is 1. The van der Waals surface area contributed by atoms with Gasteiger partial charge in [0.2, 0.25) is 5.91 Å². The molecule has 0 fully saturated rings. The van der Waals surface area contributed by atoms with Crippen LogP contribution in [0.15, 0.2) is 0 Å². The molecular formula is C9H21N3O. The molecule has 0 heterocycles. The maximum Gasteiger partial charge on any atom is 0.231 e. The quantitative estimate of drug-likeness (QED) is 0.585. The molecule has 1 amide bonds. The predicted molar refractivity (Wildman–Crippen MR) is 54.2 cm³/mol. The van der Waals surface area contributed by atoms with Gasteiger partial charge in [-0.05, 0) is 25.9 Å². The van der Waals surface area contributed by atoms with Gasteiger partial charge in [0.1, 0.15) is 0 Å². The maximum absolute atomic E-state index is 10.7. The first kappa shape index (κ1) is 12.4. The molecule has 0 saturated carbocycles. The maximum atomic E-state index is 10.7. The Morgan fingerprint density at radius 2 is 2.08 bits per heavy atom. The van der Waals surface area contributed by atoms with Gasteiger partial charge in [-0.15, -0.1) is 0 Å². The Labute approximate surface area is 80.3 Å². The van der Waals surface area contributed by atoms with Crippen LogP contribution in [0.2, 0.25) is 0 Å². The van der Waals surface area contributed by atoms with Crippen LogP contribution >= 0.6 is 0 Å². The van der Waals surface area contributed by atoms with Crippen molar-refractivity contribution in [2.45, 2.75) is 32.7 Å². The highest BCUT2D eigenvalue weighted by molar-refractivity contribution is 5.75. The van der Waals surface area contributed by atoms with E-state index in [4.69, 9.17) is 11.5 Å². The molecule has 0 bridgehead atoms. The van der Waals surface area contributed by atoms with E-state index in [0.717, 1.165) is 19.4 Å². The summed E-state index contributed by atoms with van der Waals surface area (Å²) in [5.74, 6) is -0.266. The summed E-state index contributed by atoms with van der Waals surface area (Å²) in [4.78, 5) is 12.8. The lowest BCUT2D eigenvalue weighted by molar-refractivity contribution is -0.119. The van der Waals surface area contributed by atoms with Crippen LogP contribution in [0.25, 0.3) is 0 Å². The van der Waals surface area contributed by atoms with Crippen molar-refractivity contribution < 1.29 is 4.79 Å². The number of likely N-dealkylation sites (N-methyl/N-ethyl adjacent to an activating group) is 1. The van der Waals surface area contributed by atoms with E-state index in [2.05, 4.69) is 11.8 Å². The van der Waals surface area contributed by atoms with Crippen molar-refractivity contribution in [3.63, 3.8) is 0 Å². The summed E-state index contributed by atoms with van der Waals surface area (Å²) in [6.07, 6.45) is 1.94. The fourth-order valence-electron chi connectivity index (χ4n) is 1.54. The normalized spacial score (nSPS) is 13.2. The Morgan fingerprint density at radius 3 is 2.38 bits per heavy atom. The van der Waals surface area contributed by atoms with Gasteiger partial charge in [0.15, 0.2) is 0 Å². The van der Waals surface area contributed by atoms with Crippen molar-refractivity contribution in [2.75, 3.05) is 19.6 Å². The molecule has 78 valence electrons. The molecule has 4 N–H and O–H groups in total. The minimum Gasteiger partial charge on any atom is -0.369 e. The SMILES string of the molecule is CCC(CCN)N(CC)CC(N)=O. The highest BCUT2D eigenvalue weighted by Crippen LogP contribution is 2.06. The molecule has 4 nitrogen and oxygen atoms in total. The van der Waals surface area contributed by atoms with E-state index >= 15 is 0 Å². The number of rotatable bonds is 7. The molecule has 0 rings (SSSR count). The second kappa shape index (κ2) is 6.86. The fraction of sp³-hybridized carbons (Fsp3) is 0.889. The molecule has 0 aromatic rings. The van der Waals surface area contributed by atoms with Gasteiger partial charge in [-0.25, -0.2) is 0 Å². The molecule has 0 spiro atoms. The number of nitrogens with zero attached hydrogens (tertiary/aromatic N) is 1. The van der Waals surface area contributed by atoms with Crippen LogP contribution in [-0.2, 0) is 4.79 Å². The van der Waals surface area contributed by atoms with Crippen molar-refractivity contribution in [1.29, 1.82) is 0 Å². The molecule has 1 atom stereocenters. The standard InChI is InChI=1S/C9H21N3O/c1-3-8(5-6-10)12(4-2)7-9(11)13/h8H,3-7,10H2,1-2H3,(H2,11,13). The van der Waals surface area contributed by atoms with Gasteiger partial charge in [-0.3, -0.25) is 9.69 Å². The first-order chi connectivity index (χ1) is 6.15. The minimum atomic E-state index is -0.266. The molecule has 13 heavy (non-hydrogen) atoms. The van der Waals surface area contributed by atoms with Gasteiger partial charge in [0, 0.05) is 6.04 Å². The molecular weight excluding hydrogens is 166 g/mol. The van der Waals surface area contributed by atoms with E-state index in [9.17, 15) is 4.79 Å². The summed E-state index contributed by atoms with van der Waals surface area (Å²) in [5, 5.41) is 0. The number of primary amides is 1. The van der Waals surface area contributed by atoms with E-state index < -0.39 is 0 Å². The van der Waals surface area contributed by atoms with E-state index in [1.54, 1.807) is 0 Å². The number of hydrogen-bond acceptors (Lipinski definition) is 3. The summed E-state index contributed by atoms with van der Waals surface area (Å²) in [7, 11) is 0. The lowest BCUT2D eigenvalue weighted by atomic mass is 10.1. The predicted octanol–water partition coefficient (Wildman–Crippen LogP) is -0.0790. The zero-order chi connectivity index (χ0) is 10.3. The first-order valence-corrected chi connectivity index (χ1v) is 4.88. The van der Waals surface area contributed by atoms with Gasteiger partial charge < -0.3 is 11.5 Å². The van der Waals surface area contributed by atoms with Crippen molar-refractivity contribution in [2.24, 2.45) is 11.5 Å². The molecule has 4 heteroatoms. The molecule has 0 aliphatic heterocycles. The molecule has 0 radical (unpaired) electrons. The molecule has 0 aromatic heterocycles. The van der Waals surface area contributed by atoms with E-state index in [-0.39, 0.29) is 5.91 Å². The Hall–Kier alpha value is -0.610. The summed E-state index contributed by atoms with van der Waals surface area (Å²) >= 11 is 0. The van der Waals surface area contributed by atoms with Crippen molar-refractivity contribution in [3.05, 3.63) is 0 Å². The summed E-state index contributed by atoms with van der Waals surface area (Å²) in [6, 6.07) is 0.391. The molecule has 0 aliphatic carbocycles. The summed E-state index contributed by atoms with van der Waals surface area (Å²) < 4.78 is 0. The van der Waals surface area contributed by atoms with Crippen molar-refractivity contribution in [3.8, 4) is 0 Å². The van der Waals surface area contributed by atoms with Crippen LogP contribution in [-0.4, -0.2) is 36.5 Å². The van der Waals surface area contributed by atoms with Crippen LogP contribution < -0.4 is 11.5 Å². The smallest absolute Gasteiger partial charge is 0.231 e. The highest BCUT2D eigenvalue weighted by Gasteiger charge is 2.15. The van der Waals surface area contributed by atoms with Gasteiger partial charge in [0.25, 0.3) is 0 Å². The third-order valence-electron chi connectivity index (χ3n) is 2.25. The Kier molecular flexibility index (Phi) is 6.54. The second-order valence-corrected chi connectivity index (χ2v) is 3.17. The van der Waals surface area contributed by atoms with Gasteiger partial charge in [-0.2, -0.15) is 0 Å². The fourth-order valence-corrected chi connectivity index (χ4v) is 1.54. The second-order valence-electron chi connectivity index (χ2n) is 3.17. The average molecular weight is 187 g/mol. The van der Waals surface area contributed by atoms with E-state index in [1.807, 2.05) is 6.92 Å². The Morgan fingerprint density at radius 1 is 1.46 bits per heavy atom.